The summed E-state index contributed by atoms with van der Waals surface area (Å²) in [6.45, 7) is -0.414. The number of hydrogen-bond donors (Lipinski definition) is 3. The molecule has 4 N–H and O–H groups in total. The van der Waals surface area contributed by atoms with Crippen molar-refractivity contribution in [3.63, 3.8) is 0 Å². The van der Waals surface area contributed by atoms with Gasteiger partial charge in [-0.15, -0.1) is 10.2 Å². The Morgan fingerprint density at radius 3 is 2.67 bits per heavy atom. The molecule has 0 bridgehead atoms. The van der Waals surface area contributed by atoms with Crippen LogP contribution < -0.4 is 11.1 Å². The molecule has 156 valence electrons. The van der Waals surface area contributed by atoms with E-state index in [1.807, 2.05) is 0 Å². The Kier molecular flexibility index (Phi) is 5.94. The van der Waals surface area contributed by atoms with Crippen LogP contribution in [0.3, 0.4) is 0 Å². The molecule has 30 heavy (non-hydrogen) atoms. The Hall–Kier alpha value is -3.18. The van der Waals surface area contributed by atoms with E-state index in [-0.39, 0.29) is 16.5 Å². The molecule has 0 saturated carbocycles. The molecule has 1 amide bonds. The number of nitrogens with one attached hydrogen (secondary N) is 1. The molecule has 0 aliphatic rings. The molecule has 0 aliphatic carbocycles. The van der Waals surface area contributed by atoms with E-state index in [9.17, 15) is 23.1 Å². The lowest BCUT2D eigenvalue weighted by atomic mass is 10.2. The number of hydrogen-bond acceptors (Lipinski definition) is 4. The van der Waals surface area contributed by atoms with E-state index in [1.165, 1.54) is 22.8 Å². The number of carbonyl (C=O) groups is 1. The number of aromatic nitrogens is 1. The van der Waals surface area contributed by atoms with Crippen molar-refractivity contribution in [2.75, 3.05) is 5.32 Å². The Morgan fingerprint density at radius 2 is 2.00 bits per heavy atom. The summed E-state index contributed by atoms with van der Waals surface area (Å²) >= 11 is 10.6. The molecule has 0 aliphatic heterocycles. The van der Waals surface area contributed by atoms with Crippen LogP contribution in [0.1, 0.15) is 5.56 Å². The van der Waals surface area contributed by atoms with Gasteiger partial charge in [-0.05, 0) is 48.6 Å². The number of amides is 1. The van der Waals surface area contributed by atoms with Crippen molar-refractivity contribution in [2.45, 2.75) is 12.7 Å². The minimum atomic E-state index is -4.54. The first kappa shape index (κ1) is 21.5. The highest BCUT2D eigenvalue weighted by molar-refractivity contribution is 7.80. The van der Waals surface area contributed by atoms with E-state index in [1.54, 1.807) is 12.1 Å². The zero-order valence-corrected chi connectivity index (χ0v) is 16.5. The van der Waals surface area contributed by atoms with Crippen LogP contribution in [0.25, 0.3) is 10.9 Å². The number of benzene rings is 2. The summed E-state index contributed by atoms with van der Waals surface area (Å²) in [5.74, 6) is -1.08. The second-order valence-corrected chi connectivity index (χ2v) is 6.94. The van der Waals surface area contributed by atoms with Gasteiger partial charge in [-0.3, -0.25) is 4.79 Å². The van der Waals surface area contributed by atoms with Crippen molar-refractivity contribution in [1.29, 1.82) is 0 Å². The monoisotopic (exact) mass is 455 g/mol. The zero-order chi connectivity index (χ0) is 22.1. The lowest BCUT2D eigenvalue weighted by Gasteiger charge is -2.11. The average molecular weight is 456 g/mol. The van der Waals surface area contributed by atoms with Crippen molar-refractivity contribution < 1.29 is 23.1 Å². The van der Waals surface area contributed by atoms with E-state index in [2.05, 4.69) is 27.8 Å². The number of fused-ring (bicyclic) bond motifs is 1. The molecule has 1 heterocycles. The highest BCUT2D eigenvalue weighted by Crippen LogP contribution is 2.40. The lowest BCUT2D eigenvalue weighted by Crippen LogP contribution is -2.19. The van der Waals surface area contributed by atoms with Crippen LogP contribution >= 0.6 is 23.8 Å². The first-order valence-corrected chi connectivity index (χ1v) is 9.04. The smallest absolute Gasteiger partial charge is 0.416 e. The normalized spacial score (nSPS) is 11.9. The van der Waals surface area contributed by atoms with E-state index in [0.29, 0.717) is 15.9 Å². The number of nitrogens with zero attached hydrogens (tertiary/aromatic N) is 3. The summed E-state index contributed by atoms with van der Waals surface area (Å²) in [6.07, 6.45) is -4.54. The molecule has 7 nitrogen and oxygen atoms in total. The molecule has 0 radical (unpaired) electrons. The van der Waals surface area contributed by atoms with Crippen molar-refractivity contribution in [1.82, 2.24) is 4.57 Å². The second-order valence-electron chi connectivity index (χ2n) is 6.08. The summed E-state index contributed by atoms with van der Waals surface area (Å²) < 4.78 is 39.7. The maximum absolute atomic E-state index is 12.8. The molecular weight excluding hydrogens is 443 g/mol. The van der Waals surface area contributed by atoms with Crippen molar-refractivity contribution in [3.8, 4) is 5.88 Å². The van der Waals surface area contributed by atoms with Crippen LogP contribution in [0, 0.1) is 0 Å². The van der Waals surface area contributed by atoms with Gasteiger partial charge in [0.15, 0.2) is 5.69 Å². The molecular formula is C18H13ClF3N5O2S. The summed E-state index contributed by atoms with van der Waals surface area (Å²) in [5.41, 5.74) is 4.74. The van der Waals surface area contributed by atoms with Crippen LogP contribution in [0.2, 0.25) is 5.02 Å². The van der Waals surface area contributed by atoms with Crippen LogP contribution in [-0.2, 0) is 17.5 Å². The quantitative estimate of drug-likeness (QED) is 0.381. The minimum absolute atomic E-state index is 0.00725. The van der Waals surface area contributed by atoms with E-state index < -0.39 is 30.1 Å². The first-order chi connectivity index (χ1) is 14.1. The fraction of sp³-hybridized carbons (Fsp3) is 0.111. The largest absolute Gasteiger partial charge is 0.493 e. The molecule has 3 aromatic rings. The Bertz CT molecular complexity index is 1180. The van der Waals surface area contributed by atoms with E-state index >= 15 is 0 Å². The number of nitrogens with two attached hydrogens (primary N) is 1. The zero-order valence-electron chi connectivity index (χ0n) is 14.9. The van der Waals surface area contributed by atoms with Gasteiger partial charge < -0.3 is 20.7 Å². The topological polar surface area (TPSA) is 105 Å². The molecule has 0 saturated heterocycles. The minimum Gasteiger partial charge on any atom is -0.493 e. The van der Waals surface area contributed by atoms with Crippen molar-refractivity contribution in [3.05, 3.63) is 53.1 Å². The third-order valence-electron chi connectivity index (χ3n) is 4.00. The van der Waals surface area contributed by atoms with Gasteiger partial charge in [-0.1, -0.05) is 17.7 Å². The van der Waals surface area contributed by atoms with Gasteiger partial charge in [0.2, 0.25) is 16.9 Å². The Balaban J connectivity index is 1.93. The highest BCUT2D eigenvalue weighted by atomic mass is 35.5. The lowest BCUT2D eigenvalue weighted by molar-refractivity contribution is -0.137. The number of halogens is 4. The van der Waals surface area contributed by atoms with Gasteiger partial charge in [-0.2, -0.15) is 13.2 Å². The summed E-state index contributed by atoms with van der Waals surface area (Å²) in [7, 11) is 0. The summed E-state index contributed by atoms with van der Waals surface area (Å²) in [6, 6.07) is 8.80. The van der Waals surface area contributed by atoms with E-state index in [0.717, 1.165) is 12.1 Å². The van der Waals surface area contributed by atoms with Gasteiger partial charge >= 0.3 is 6.18 Å². The fourth-order valence-electron chi connectivity index (χ4n) is 2.77. The number of alkyl halides is 3. The van der Waals surface area contributed by atoms with Crippen LogP contribution in [0.15, 0.2) is 52.7 Å². The maximum atomic E-state index is 12.8. The van der Waals surface area contributed by atoms with Gasteiger partial charge in [0.1, 0.15) is 6.54 Å². The van der Waals surface area contributed by atoms with Gasteiger partial charge in [0.25, 0.3) is 0 Å². The fourth-order valence-corrected chi connectivity index (χ4v) is 2.98. The molecule has 12 heteroatoms. The molecule has 1 aromatic heterocycles. The predicted octanol–water partition coefficient (Wildman–Crippen LogP) is 4.99. The van der Waals surface area contributed by atoms with Gasteiger partial charge in [-0.25, -0.2) is 0 Å². The molecule has 3 rings (SSSR count). The molecule has 0 spiro atoms. The SMILES string of the molecule is NC(=S)N=Nc1c(O)n(CC(=O)Nc2cccc(C(F)(F)F)c2)c2ccc(Cl)cc12. The average Bonchev–Trinajstić information content (AvgIpc) is 2.90. The maximum Gasteiger partial charge on any atom is 0.416 e. The van der Waals surface area contributed by atoms with Gasteiger partial charge in [0, 0.05) is 16.1 Å². The molecule has 0 unspecified atom stereocenters. The van der Waals surface area contributed by atoms with Crippen LogP contribution in [0.5, 0.6) is 5.88 Å². The standard InChI is InChI=1S/C18H13ClF3N5O2S/c19-10-4-5-13-12(7-10)15(25-26-17(23)30)16(29)27(13)8-14(28)24-11-3-1-2-9(6-11)18(20,21)22/h1-7,29H,8H2,(H2,23,30)(H,24,28). The predicted molar refractivity (Wildman–Crippen MR) is 110 cm³/mol. The van der Waals surface area contributed by atoms with E-state index in [4.69, 9.17) is 17.3 Å². The Labute approximate surface area is 178 Å². The number of rotatable bonds is 4. The van der Waals surface area contributed by atoms with Gasteiger partial charge in [0.05, 0.1) is 11.1 Å². The van der Waals surface area contributed by atoms with Crippen molar-refractivity contribution in [2.24, 2.45) is 16.0 Å². The number of thiocarbonyl (C=S) groups is 1. The molecule has 2 aromatic carbocycles. The first-order valence-electron chi connectivity index (χ1n) is 8.25. The summed E-state index contributed by atoms with van der Waals surface area (Å²) in [4.78, 5) is 12.4. The summed E-state index contributed by atoms with van der Waals surface area (Å²) in [5, 5.41) is 20.7. The third kappa shape index (κ3) is 4.69. The molecule has 0 atom stereocenters. The third-order valence-corrected chi connectivity index (χ3v) is 4.31. The number of anilines is 1. The number of carbonyl (C=O) groups excluding carboxylic acids is 1. The Morgan fingerprint density at radius 1 is 1.27 bits per heavy atom. The number of azo groups is 1. The highest BCUT2D eigenvalue weighted by Gasteiger charge is 2.30. The van der Waals surface area contributed by atoms with Crippen molar-refractivity contribution >= 4 is 57.1 Å². The molecule has 0 fully saturated rings. The second kappa shape index (κ2) is 8.28. The van der Waals surface area contributed by atoms with Crippen LogP contribution in [0.4, 0.5) is 24.5 Å². The number of aromatic hydroxyl groups is 1. The van der Waals surface area contributed by atoms with Crippen LogP contribution in [-0.4, -0.2) is 20.7 Å².